The van der Waals surface area contributed by atoms with E-state index in [1.54, 1.807) is 25.3 Å². The van der Waals surface area contributed by atoms with E-state index in [1.807, 2.05) is 31.2 Å². The second-order valence-corrected chi connectivity index (χ2v) is 4.63. The number of hydrogen-bond donors (Lipinski definition) is 2. The highest BCUT2D eigenvalue weighted by molar-refractivity contribution is 5.97. The summed E-state index contributed by atoms with van der Waals surface area (Å²) in [4.78, 5) is 0. The summed E-state index contributed by atoms with van der Waals surface area (Å²) in [6.07, 6.45) is 0. The van der Waals surface area contributed by atoms with Gasteiger partial charge in [0, 0.05) is 5.56 Å². The van der Waals surface area contributed by atoms with Crippen molar-refractivity contribution in [3.05, 3.63) is 59.2 Å². The molecule has 3 N–H and O–H groups in total. The lowest BCUT2D eigenvalue weighted by Crippen LogP contribution is -2.13. The third-order valence-electron chi connectivity index (χ3n) is 3.08. The molecular formula is C16H18N2O3. The molecule has 0 saturated heterocycles. The van der Waals surface area contributed by atoms with E-state index in [0.717, 1.165) is 5.56 Å². The van der Waals surface area contributed by atoms with Gasteiger partial charge in [0.2, 0.25) is 0 Å². The number of amidine groups is 1. The maximum absolute atomic E-state index is 8.69. The second kappa shape index (κ2) is 6.65. The molecule has 0 aliphatic carbocycles. The molecule has 0 amide bonds. The molecule has 0 atom stereocenters. The fourth-order valence-corrected chi connectivity index (χ4v) is 1.85. The first-order valence-corrected chi connectivity index (χ1v) is 6.48. The third-order valence-corrected chi connectivity index (χ3v) is 3.08. The van der Waals surface area contributed by atoms with E-state index < -0.39 is 0 Å². The minimum absolute atomic E-state index is 0.0263. The van der Waals surface area contributed by atoms with E-state index in [1.165, 1.54) is 5.56 Å². The van der Waals surface area contributed by atoms with Crippen LogP contribution in [0.2, 0.25) is 0 Å². The van der Waals surface area contributed by atoms with Crippen LogP contribution in [0.15, 0.2) is 47.6 Å². The Hall–Kier alpha value is -2.69. The molecule has 5 heteroatoms. The van der Waals surface area contributed by atoms with Crippen molar-refractivity contribution in [2.75, 3.05) is 7.11 Å². The molecule has 0 bridgehead atoms. The summed E-state index contributed by atoms with van der Waals surface area (Å²) in [5, 5.41) is 11.7. The van der Waals surface area contributed by atoms with Crippen molar-refractivity contribution < 1.29 is 14.7 Å². The molecule has 0 aromatic heterocycles. The van der Waals surface area contributed by atoms with Gasteiger partial charge in [0.05, 0.1) is 7.11 Å². The number of benzene rings is 2. The van der Waals surface area contributed by atoms with Crippen LogP contribution in [0, 0.1) is 6.92 Å². The molecule has 0 aliphatic heterocycles. The van der Waals surface area contributed by atoms with Gasteiger partial charge in [0.15, 0.2) is 17.3 Å². The molecule has 0 aliphatic rings. The Kier molecular flexibility index (Phi) is 4.66. The molecule has 2 aromatic rings. The molecule has 2 aromatic carbocycles. The van der Waals surface area contributed by atoms with Crippen LogP contribution in [-0.2, 0) is 6.61 Å². The van der Waals surface area contributed by atoms with Crippen molar-refractivity contribution in [1.29, 1.82) is 0 Å². The van der Waals surface area contributed by atoms with E-state index in [0.29, 0.717) is 23.7 Å². The lowest BCUT2D eigenvalue weighted by molar-refractivity contribution is 0.284. The number of hydrogen-bond acceptors (Lipinski definition) is 4. The Morgan fingerprint density at radius 1 is 1.14 bits per heavy atom. The summed E-state index contributed by atoms with van der Waals surface area (Å²) in [5.41, 5.74) is 8.40. The van der Waals surface area contributed by atoms with E-state index in [4.69, 9.17) is 20.4 Å². The zero-order valence-corrected chi connectivity index (χ0v) is 12.0. The number of rotatable bonds is 5. The Morgan fingerprint density at radius 2 is 1.86 bits per heavy atom. The normalized spacial score (nSPS) is 11.2. The van der Waals surface area contributed by atoms with Gasteiger partial charge in [-0.05, 0) is 30.7 Å². The summed E-state index contributed by atoms with van der Waals surface area (Å²) in [7, 11) is 1.55. The van der Waals surface area contributed by atoms with Gasteiger partial charge in [-0.2, -0.15) is 0 Å². The summed E-state index contributed by atoms with van der Waals surface area (Å²) >= 11 is 0. The first-order valence-electron chi connectivity index (χ1n) is 6.48. The lowest BCUT2D eigenvalue weighted by atomic mass is 10.1. The number of nitrogens with two attached hydrogens (primary N) is 1. The highest BCUT2D eigenvalue weighted by atomic mass is 16.5. The van der Waals surface area contributed by atoms with E-state index in [2.05, 4.69) is 5.16 Å². The van der Waals surface area contributed by atoms with Crippen LogP contribution in [-0.4, -0.2) is 18.2 Å². The standard InChI is InChI=1S/C16H18N2O3/c1-11-3-5-12(6-4-11)10-21-14-8-7-13(16(17)18-19)9-15(14)20-2/h3-9,19H,10H2,1-2H3,(H2,17,18). The average molecular weight is 286 g/mol. The molecule has 0 saturated carbocycles. The molecule has 110 valence electrons. The maximum atomic E-state index is 8.69. The van der Waals surface area contributed by atoms with Crippen molar-refractivity contribution in [1.82, 2.24) is 0 Å². The lowest BCUT2D eigenvalue weighted by Gasteiger charge is -2.12. The summed E-state index contributed by atoms with van der Waals surface area (Å²) in [6, 6.07) is 13.2. The van der Waals surface area contributed by atoms with Crippen molar-refractivity contribution in [2.24, 2.45) is 10.9 Å². The van der Waals surface area contributed by atoms with Crippen LogP contribution in [0.4, 0.5) is 0 Å². The Labute approximate surface area is 123 Å². The topological polar surface area (TPSA) is 77.1 Å². The number of methoxy groups -OCH3 is 1. The largest absolute Gasteiger partial charge is 0.493 e. The molecule has 0 fully saturated rings. The third kappa shape index (κ3) is 3.66. The molecule has 2 rings (SSSR count). The SMILES string of the molecule is COc1cc(/C(N)=N/O)ccc1OCc1ccc(C)cc1. The van der Waals surface area contributed by atoms with Crippen LogP contribution in [0.25, 0.3) is 0 Å². The summed E-state index contributed by atoms with van der Waals surface area (Å²) < 4.78 is 11.0. The number of oxime groups is 1. The fourth-order valence-electron chi connectivity index (χ4n) is 1.85. The monoisotopic (exact) mass is 286 g/mol. The van der Waals surface area contributed by atoms with Gasteiger partial charge in [-0.1, -0.05) is 35.0 Å². The van der Waals surface area contributed by atoms with Crippen molar-refractivity contribution in [2.45, 2.75) is 13.5 Å². The predicted octanol–water partition coefficient (Wildman–Crippen LogP) is 2.68. The second-order valence-electron chi connectivity index (χ2n) is 4.63. The van der Waals surface area contributed by atoms with Crippen molar-refractivity contribution in [3.63, 3.8) is 0 Å². The maximum Gasteiger partial charge on any atom is 0.170 e. The van der Waals surface area contributed by atoms with Crippen molar-refractivity contribution in [3.8, 4) is 11.5 Å². The Morgan fingerprint density at radius 3 is 2.48 bits per heavy atom. The van der Waals surface area contributed by atoms with E-state index in [9.17, 15) is 0 Å². The minimum atomic E-state index is 0.0263. The van der Waals surface area contributed by atoms with Crippen LogP contribution < -0.4 is 15.2 Å². The fraction of sp³-hybridized carbons (Fsp3) is 0.188. The van der Waals surface area contributed by atoms with E-state index in [-0.39, 0.29) is 5.84 Å². The molecule has 0 heterocycles. The molecular weight excluding hydrogens is 268 g/mol. The van der Waals surface area contributed by atoms with Crippen LogP contribution >= 0.6 is 0 Å². The van der Waals surface area contributed by atoms with Gasteiger partial charge >= 0.3 is 0 Å². The van der Waals surface area contributed by atoms with Crippen LogP contribution in [0.3, 0.4) is 0 Å². The highest BCUT2D eigenvalue weighted by Crippen LogP contribution is 2.28. The van der Waals surface area contributed by atoms with E-state index >= 15 is 0 Å². The molecule has 21 heavy (non-hydrogen) atoms. The van der Waals surface area contributed by atoms with Gasteiger partial charge in [-0.3, -0.25) is 0 Å². The number of aryl methyl sites for hydroxylation is 1. The van der Waals surface area contributed by atoms with Gasteiger partial charge in [-0.15, -0.1) is 0 Å². The molecule has 0 radical (unpaired) electrons. The minimum Gasteiger partial charge on any atom is -0.493 e. The van der Waals surface area contributed by atoms with Gasteiger partial charge in [-0.25, -0.2) is 0 Å². The zero-order valence-electron chi connectivity index (χ0n) is 12.0. The quantitative estimate of drug-likeness (QED) is 0.383. The molecule has 5 nitrogen and oxygen atoms in total. The van der Waals surface area contributed by atoms with Gasteiger partial charge in [0.25, 0.3) is 0 Å². The summed E-state index contributed by atoms with van der Waals surface area (Å²) in [6.45, 7) is 2.49. The first-order chi connectivity index (χ1) is 10.1. The molecule has 0 unspecified atom stereocenters. The highest BCUT2D eigenvalue weighted by Gasteiger charge is 2.08. The number of ether oxygens (including phenoxy) is 2. The zero-order chi connectivity index (χ0) is 15.2. The average Bonchev–Trinajstić information content (AvgIpc) is 2.53. The smallest absolute Gasteiger partial charge is 0.170 e. The van der Waals surface area contributed by atoms with Crippen molar-refractivity contribution >= 4 is 5.84 Å². The van der Waals surface area contributed by atoms with Gasteiger partial charge in [0.1, 0.15) is 6.61 Å². The van der Waals surface area contributed by atoms with Crippen LogP contribution in [0.5, 0.6) is 11.5 Å². The Bertz CT molecular complexity index is 636. The predicted molar refractivity (Wildman–Crippen MR) is 81.0 cm³/mol. The van der Waals surface area contributed by atoms with Crippen LogP contribution in [0.1, 0.15) is 16.7 Å². The van der Waals surface area contributed by atoms with Gasteiger partial charge < -0.3 is 20.4 Å². The molecule has 0 spiro atoms. The number of nitrogens with zero attached hydrogens (tertiary/aromatic N) is 1. The Balaban J connectivity index is 2.14. The summed E-state index contributed by atoms with van der Waals surface area (Å²) in [5.74, 6) is 1.16. The first kappa shape index (κ1) is 14.7.